The predicted molar refractivity (Wildman–Crippen MR) is 54.9 cm³/mol. The van der Waals surface area contributed by atoms with Gasteiger partial charge in [-0.15, -0.1) is 0 Å². The van der Waals surface area contributed by atoms with Crippen molar-refractivity contribution < 1.29 is 0 Å². The van der Waals surface area contributed by atoms with Crippen molar-refractivity contribution in [3.8, 4) is 0 Å². The lowest BCUT2D eigenvalue weighted by molar-refractivity contribution is 1.27. The highest BCUT2D eigenvalue weighted by molar-refractivity contribution is 7.97. The van der Waals surface area contributed by atoms with Crippen LogP contribution in [-0.4, -0.2) is 5.37 Å². The van der Waals surface area contributed by atoms with E-state index in [0.29, 0.717) is 0 Å². The van der Waals surface area contributed by atoms with E-state index in [1.54, 1.807) is 0 Å². The van der Waals surface area contributed by atoms with E-state index >= 15 is 0 Å². The third kappa shape index (κ3) is 2.19. The first-order valence-electron chi connectivity index (χ1n) is 3.80. The molecule has 60 valence electrons. The van der Waals surface area contributed by atoms with Gasteiger partial charge in [-0.05, 0) is 32.4 Å². The maximum absolute atomic E-state index is 2.25. The third-order valence-corrected chi connectivity index (χ3v) is 2.65. The summed E-state index contributed by atoms with van der Waals surface area (Å²) in [5, 5.41) is 2.17. The standard InChI is InChI=1S/C10H14S/c1-4-11-10-7-8(2)5-6-9(10)3/h4-7,11H,1-3H3. The van der Waals surface area contributed by atoms with Crippen LogP contribution in [-0.2, 0) is 0 Å². The first-order valence-corrected chi connectivity index (χ1v) is 4.76. The van der Waals surface area contributed by atoms with E-state index in [2.05, 4.69) is 44.3 Å². The lowest BCUT2D eigenvalue weighted by Crippen LogP contribution is -1.78. The molecule has 0 amide bonds. The Kier molecular flexibility index (Phi) is 2.89. The van der Waals surface area contributed by atoms with E-state index in [1.807, 2.05) is 0 Å². The van der Waals surface area contributed by atoms with Crippen molar-refractivity contribution in [3.63, 3.8) is 0 Å². The van der Waals surface area contributed by atoms with Crippen molar-refractivity contribution in [2.24, 2.45) is 0 Å². The average molecular weight is 166 g/mol. The molecule has 0 saturated carbocycles. The van der Waals surface area contributed by atoms with Crippen LogP contribution in [0.4, 0.5) is 0 Å². The van der Waals surface area contributed by atoms with Crippen molar-refractivity contribution >= 4 is 16.7 Å². The second kappa shape index (κ2) is 3.72. The van der Waals surface area contributed by atoms with Gasteiger partial charge in [-0.2, -0.15) is 11.4 Å². The molecule has 0 atom stereocenters. The number of hydrogen-bond acceptors (Lipinski definition) is 0. The minimum absolute atomic E-state index is 1.32. The van der Waals surface area contributed by atoms with Gasteiger partial charge < -0.3 is 0 Å². The summed E-state index contributed by atoms with van der Waals surface area (Å²) >= 11 is 1.32. The minimum atomic E-state index is 1.32. The highest BCUT2D eigenvalue weighted by atomic mass is 32.1. The molecule has 1 aromatic rings. The molecular weight excluding hydrogens is 152 g/mol. The molecule has 11 heavy (non-hydrogen) atoms. The maximum Gasteiger partial charge on any atom is 0.00172 e. The largest absolute Gasteiger partial charge is 0.173 e. The fourth-order valence-corrected chi connectivity index (χ4v) is 1.83. The summed E-state index contributed by atoms with van der Waals surface area (Å²) < 4.78 is 0. The van der Waals surface area contributed by atoms with E-state index in [4.69, 9.17) is 0 Å². The highest BCUT2D eigenvalue weighted by Crippen LogP contribution is 2.17. The summed E-state index contributed by atoms with van der Waals surface area (Å²) in [6.07, 6.45) is 0. The minimum Gasteiger partial charge on any atom is -0.173 e. The van der Waals surface area contributed by atoms with E-state index in [1.165, 1.54) is 27.4 Å². The zero-order chi connectivity index (χ0) is 8.27. The van der Waals surface area contributed by atoms with Gasteiger partial charge in [0.1, 0.15) is 0 Å². The zero-order valence-corrected chi connectivity index (χ0v) is 8.15. The van der Waals surface area contributed by atoms with Gasteiger partial charge in [0.05, 0.1) is 0 Å². The summed E-state index contributed by atoms with van der Waals surface area (Å²) in [6, 6.07) is 6.59. The van der Waals surface area contributed by atoms with Gasteiger partial charge in [0.25, 0.3) is 0 Å². The average Bonchev–Trinajstić information content (AvgIpc) is 1.98. The van der Waals surface area contributed by atoms with Crippen LogP contribution in [0.3, 0.4) is 0 Å². The lowest BCUT2D eigenvalue weighted by atomic mass is 10.2. The Labute approximate surface area is 72.2 Å². The van der Waals surface area contributed by atoms with Gasteiger partial charge >= 0.3 is 0 Å². The van der Waals surface area contributed by atoms with E-state index in [-0.39, 0.29) is 0 Å². The molecule has 1 rings (SSSR count). The van der Waals surface area contributed by atoms with Crippen LogP contribution < -0.4 is 0 Å². The monoisotopic (exact) mass is 166 g/mol. The van der Waals surface area contributed by atoms with Crippen LogP contribution in [0.2, 0.25) is 0 Å². The molecule has 0 aliphatic heterocycles. The van der Waals surface area contributed by atoms with Crippen molar-refractivity contribution in [3.05, 3.63) is 29.3 Å². The number of aryl methyl sites for hydroxylation is 2. The SMILES string of the molecule is CC=[SH]c1cc(C)ccc1C. The van der Waals surface area contributed by atoms with Gasteiger partial charge in [-0.1, -0.05) is 23.1 Å². The second-order valence-electron chi connectivity index (χ2n) is 2.68. The number of benzene rings is 1. The van der Waals surface area contributed by atoms with Crippen molar-refractivity contribution in [2.75, 3.05) is 0 Å². The molecule has 1 aromatic carbocycles. The molecule has 0 radical (unpaired) electrons. The first kappa shape index (κ1) is 8.54. The summed E-state index contributed by atoms with van der Waals surface area (Å²) in [6.45, 7) is 6.38. The number of thiol groups is 1. The normalized spacial score (nSPS) is 11.5. The van der Waals surface area contributed by atoms with E-state index in [9.17, 15) is 0 Å². The molecule has 0 N–H and O–H groups in total. The molecular formula is C10H14S. The zero-order valence-electron chi connectivity index (χ0n) is 7.26. The third-order valence-electron chi connectivity index (χ3n) is 1.63. The van der Waals surface area contributed by atoms with Gasteiger partial charge in [-0.3, -0.25) is 0 Å². The van der Waals surface area contributed by atoms with Crippen LogP contribution in [0.15, 0.2) is 23.1 Å². The van der Waals surface area contributed by atoms with E-state index in [0.717, 1.165) is 0 Å². The molecule has 1 heteroatoms. The Morgan fingerprint density at radius 2 is 2.00 bits per heavy atom. The summed E-state index contributed by atoms with van der Waals surface area (Å²) in [4.78, 5) is 1.42. The molecule has 0 unspecified atom stereocenters. The van der Waals surface area contributed by atoms with Crippen LogP contribution in [0.1, 0.15) is 18.1 Å². The van der Waals surface area contributed by atoms with Gasteiger partial charge in [0, 0.05) is 4.90 Å². The second-order valence-corrected chi connectivity index (χ2v) is 3.93. The van der Waals surface area contributed by atoms with Crippen LogP contribution in [0.5, 0.6) is 0 Å². The molecule has 0 aromatic heterocycles. The highest BCUT2D eigenvalue weighted by Gasteiger charge is 1.91. The molecule has 0 fully saturated rings. The van der Waals surface area contributed by atoms with Crippen molar-refractivity contribution in [1.29, 1.82) is 0 Å². The lowest BCUT2D eigenvalue weighted by Gasteiger charge is -2.00. The maximum atomic E-state index is 2.25. The molecule has 0 heterocycles. The predicted octanol–water partition coefficient (Wildman–Crippen LogP) is 2.95. The van der Waals surface area contributed by atoms with Crippen molar-refractivity contribution in [2.45, 2.75) is 25.7 Å². The molecule has 0 spiro atoms. The Bertz CT molecular complexity index is 274. The molecule has 0 bridgehead atoms. The van der Waals surface area contributed by atoms with Gasteiger partial charge in [0.15, 0.2) is 0 Å². The molecule has 0 aliphatic rings. The first-order chi connectivity index (χ1) is 5.24. The fourth-order valence-electron chi connectivity index (χ4n) is 0.998. The molecule has 0 saturated heterocycles. The number of rotatable bonds is 1. The Morgan fingerprint density at radius 3 is 2.64 bits per heavy atom. The topological polar surface area (TPSA) is 0 Å². The Hall–Kier alpha value is -0.560. The smallest absolute Gasteiger partial charge is 0.00172 e. The summed E-state index contributed by atoms with van der Waals surface area (Å²) in [5.41, 5.74) is 2.73. The Morgan fingerprint density at radius 1 is 1.27 bits per heavy atom. The van der Waals surface area contributed by atoms with E-state index < -0.39 is 0 Å². The number of hydrogen-bond donors (Lipinski definition) is 1. The quantitative estimate of drug-likeness (QED) is 0.481. The van der Waals surface area contributed by atoms with Crippen LogP contribution in [0, 0.1) is 13.8 Å². The fraction of sp³-hybridized carbons (Fsp3) is 0.300. The summed E-state index contributed by atoms with van der Waals surface area (Å²) in [7, 11) is 0. The van der Waals surface area contributed by atoms with Crippen LogP contribution in [0.25, 0.3) is 0 Å². The summed E-state index contributed by atoms with van der Waals surface area (Å²) in [5.74, 6) is 0. The van der Waals surface area contributed by atoms with Gasteiger partial charge in [0.2, 0.25) is 0 Å². The Balaban J connectivity index is 3.12. The van der Waals surface area contributed by atoms with Crippen LogP contribution >= 0.6 is 11.4 Å². The van der Waals surface area contributed by atoms with Crippen molar-refractivity contribution in [1.82, 2.24) is 0 Å². The van der Waals surface area contributed by atoms with Gasteiger partial charge in [-0.25, -0.2) is 0 Å². The molecule has 0 nitrogen and oxygen atoms in total. The molecule has 0 aliphatic carbocycles.